The number of aryl methyl sites for hydroxylation is 1. The number of benzene rings is 1. The van der Waals surface area contributed by atoms with Crippen LogP contribution in [-0.2, 0) is 4.74 Å². The Bertz CT molecular complexity index is 393. The first-order valence-electron chi connectivity index (χ1n) is 6.35. The second kappa shape index (κ2) is 5.89. The lowest BCUT2D eigenvalue weighted by Crippen LogP contribution is -2.32. The highest BCUT2D eigenvalue weighted by Crippen LogP contribution is 2.21. The summed E-state index contributed by atoms with van der Waals surface area (Å²) in [6, 6.07) is 7.64. The molecule has 3 heteroatoms. The highest BCUT2D eigenvalue weighted by molar-refractivity contribution is 5.84. The Hall–Kier alpha value is -1.51. The molecule has 1 N–H and O–H groups in total. The number of hydrogen-bond acceptors (Lipinski definition) is 2. The summed E-state index contributed by atoms with van der Waals surface area (Å²) in [4.78, 5) is 11.8. The molecule has 0 aliphatic carbocycles. The molecule has 1 amide bonds. The molecule has 0 aliphatic heterocycles. The number of rotatable bonds is 4. The van der Waals surface area contributed by atoms with Gasteiger partial charge in [0.25, 0.3) is 0 Å². The van der Waals surface area contributed by atoms with Crippen molar-refractivity contribution in [3.8, 4) is 0 Å². The molecule has 0 saturated carbocycles. The topological polar surface area (TPSA) is 38.3 Å². The maximum Gasteiger partial charge on any atom is 0.412 e. The predicted octanol–water partition coefficient (Wildman–Crippen LogP) is 4.37. The van der Waals surface area contributed by atoms with Crippen molar-refractivity contribution in [3.05, 3.63) is 29.8 Å². The third-order valence-electron chi connectivity index (χ3n) is 2.57. The fourth-order valence-corrected chi connectivity index (χ4v) is 2.06. The van der Waals surface area contributed by atoms with E-state index in [1.807, 2.05) is 45.0 Å². The zero-order valence-electron chi connectivity index (χ0n) is 11.9. The smallest absolute Gasteiger partial charge is 0.412 e. The number of hydrogen-bond donors (Lipinski definition) is 1. The maximum absolute atomic E-state index is 11.8. The first-order chi connectivity index (χ1) is 8.28. The molecule has 1 rings (SSSR count). The average molecular weight is 249 g/mol. The lowest BCUT2D eigenvalue weighted by atomic mass is 9.96. The monoisotopic (exact) mass is 249 g/mol. The summed E-state index contributed by atoms with van der Waals surface area (Å²) in [6.07, 6.45) is 0.443. The van der Waals surface area contributed by atoms with Crippen LogP contribution in [0.4, 0.5) is 10.5 Å². The number of anilines is 1. The van der Waals surface area contributed by atoms with Gasteiger partial charge in [0.2, 0.25) is 0 Å². The van der Waals surface area contributed by atoms with Gasteiger partial charge in [-0.2, -0.15) is 0 Å². The van der Waals surface area contributed by atoms with Gasteiger partial charge in [-0.15, -0.1) is 0 Å². The number of nitrogens with one attached hydrogen (secondary N) is 1. The van der Waals surface area contributed by atoms with E-state index in [0.29, 0.717) is 5.92 Å². The van der Waals surface area contributed by atoms with E-state index in [4.69, 9.17) is 4.74 Å². The van der Waals surface area contributed by atoms with Crippen LogP contribution in [0.15, 0.2) is 24.3 Å². The largest absolute Gasteiger partial charge is 0.443 e. The van der Waals surface area contributed by atoms with Crippen molar-refractivity contribution in [1.82, 2.24) is 0 Å². The molecule has 0 spiro atoms. The second-order valence-corrected chi connectivity index (χ2v) is 5.74. The van der Waals surface area contributed by atoms with Gasteiger partial charge in [0.05, 0.1) is 0 Å². The molecular formula is C15H23NO2. The highest BCUT2D eigenvalue weighted by Gasteiger charge is 2.24. The van der Waals surface area contributed by atoms with E-state index in [0.717, 1.165) is 17.7 Å². The summed E-state index contributed by atoms with van der Waals surface area (Å²) in [5, 5.41) is 2.74. The molecule has 1 aromatic rings. The molecule has 3 nitrogen and oxygen atoms in total. The van der Waals surface area contributed by atoms with E-state index in [-0.39, 0.29) is 0 Å². The van der Waals surface area contributed by atoms with Crippen molar-refractivity contribution in [3.63, 3.8) is 0 Å². The Balaban J connectivity index is 2.53. The Morgan fingerprint density at radius 3 is 2.33 bits per heavy atom. The van der Waals surface area contributed by atoms with Gasteiger partial charge in [0, 0.05) is 5.69 Å². The predicted molar refractivity (Wildman–Crippen MR) is 74.8 cm³/mol. The summed E-state index contributed by atoms with van der Waals surface area (Å²) < 4.78 is 5.43. The van der Waals surface area contributed by atoms with E-state index in [2.05, 4.69) is 19.2 Å². The summed E-state index contributed by atoms with van der Waals surface area (Å²) in [6.45, 7) is 10.1. The van der Waals surface area contributed by atoms with Crippen molar-refractivity contribution in [2.24, 2.45) is 5.92 Å². The van der Waals surface area contributed by atoms with Crippen LogP contribution >= 0.6 is 0 Å². The average Bonchev–Trinajstić information content (AvgIpc) is 2.18. The minimum absolute atomic E-state index is 0.399. The van der Waals surface area contributed by atoms with Gasteiger partial charge in [-0.05, 0) is 45.2 Å². The Kier molecular flexibility index (Phi) is 4.76. The van der Waals surface area contributed by atoms with Crippen molar-refractivity contribution in [2.75, 3.05) is 5.32 Å². The molecule has 0 atom stereocenters. The van der Waals surface area contributed by atoms with E-state index in [1.165, 1.54) is 0 Å². The molecule has 0 heterocycles. The van der Waals surface area contributed by atoms with Crippen molar-refractivity contribution < 1.29 is 9.53 Å². The Morgan fingerprint density at radius 1 is 1.28 bits per heavy atom. The van der Waals surface area contributed by atoms with E-state index < -0.39 is 11.7 Å². The molecule has 100 valence electrons. The summed E-state index contributed by atoms with van der Waals surface area (Å²) in [5.74, 6) is 0.493. The highest BCUT2D eigenvalue weighted by atomic mass is 16.6. The number of carbonyl (C=O) groups is 1. The lowest BCUT2D eigenvalue weighted by molar-refractivity contribution is 0.0331. The Morgan fingerprint density at radius 2 is 1.83 bits per heavy atom. The van der Waals surface area contributed by atoms with Gasteiger partial charge in [-0.1, -0.05) is 31.5 Å². The van der Waals surface area contributed by atoms with E-state index in [1.54, 1.807) is 0 Å². The van der Waals surface area contributed by atoms with E-state index >= 15 is 0 Å². The van der Waals surface area contributed by atoms with Crippen molar-refractivity contribution in [2.45, 2.75) is 46.6 Å². The van der Waals surface area contributed by atoms with Crippen LogP contribution in [0.3, 0.4) is 0 Å². The van der Waals surface area contributed by atoms with E-state index in [9.17, 15) is 4.79 Å². The maximum atomic E-state index is 11.8. The lowest BCUT2D eigenvalue weighted by Gasteiger charge is -2.26. The molecule has 0 unspecified atom stereocenters. The zero-order valence-corrected chi connectivity index (χ0v) is 11.9. The quantitative estimate of drug-likeness (QED) is 0.860. The fourth-order valence-electron chi connectivity index (χ4n) is 2.06. The molecule has 0 bridgehead atoms. The third kappa shape index (κ3) is 5.21. The molecule has 18 heavy (non-hydrogen) atoms. The summed E-state index contributed by atoms with van der Waals surface area (Å²) >= 11 is 0. The Labute approximate surface area is 110 Å². The number of amides is 1. The van der Waals surface area contributed by atoms with Crippen molar-refractivity contribution >= 4 is 11.8 Å². The molecule has 0 aliphatic rings. The molecule has 1 aromatic carbocycles. The second-order valence-electron chi connectivity index (χ2n) is 5.74. The van der Waals surface area contributed by atoms with Crippen LogP contribution in [0, 0.1) is 12.8 Å². The van der Waals surface area contributed by atoms with Crippen LogP contribution in [0.5, 0.6) is 0 Å². The van der Waals surface area contributed by atoms with Gasteiger partial charge < -0.3 is 4.74 Å². The molecular weight excluding hydrogens is 226 g/mol. The number of carbonyl (C=O) groups excluding carboxylic acids is 1. The normalized spacial score (nSPS) is 11.4. The van der Waals surface area contributed by atoms with Gasteiger partial charge >= 0.3 is 6.09 Å². The first kappa shape index (κ1) is 14.6. The van der Waals surface area contributed by atoms with Crippen LogP contribution in [-0.4, -0.2) is 11.7 Å². The van der Waals surface area contributed by atoms with Crippen LogP contribution in [0.1, 0.15) is 39.7 Å². The third-order valence-corrected chi connectivity index (χ3v) is 2.57. The SMILES string of the molecule is Cc1ccc(NC(=O)OC(C)(C)CC(C)C)cc1. The van der Waals surface area contributed by atoms with Crippen LogP contribution in [0.2, 0.25) is 0 Å². The molecule has 0 aromatic heterocycles. The van der Waals surface area contributed by atoms with Gasteiger partial charge in [-0.3, -0.25) is 5.32 Å². The van der Waals surface area contributed by atoms with Gasteiger partial charge in [-0.25, -0.2) is 4.79 Å². The standard InChI is InChI=1S/C15H23NO2/c1-11(2)10-15(4,5)18-14(17)16-13-8-6-12(3)7-9-13/h6-9,11H,10H2,1-5H3,(H,16,17). The summed E-state index contributed by atoms with van der Waals surface area (Å²) in [7, 11) is 0. The first-order valence-corrected chi connectivity index (χ1v) is 6.35. The minimum Gasteiger partial charge on any atom is -0.443 e. The van der Waals surface area contributed by atoms with Crippen LogP contribution in [0.25, 0.3) is 0 Å². The molecule has 0 radical (unpaired) electrons. The zero-order chi connectivity index (χ0) is 13.8. The minimum atomic E-state index is -0.442. The van der Waals surface area contributed by atoms with Crippen LogP contribution < -0.4 is 5.32 Å². The van der Waals surface area contributed by atoms with Crippen molar-refractivity contribution in [1.29, 1.82) is 0 Å². The fraction of sp³-hybridized carbons (Fsp3) is 0.533. The number of ether oxygens (including phenoxy) is 1. The molecule has 0 fully saturated rings. The molecule has 0 saturated heterocycles. The van der Waals surface area contributed by atoms with Gasteiger partial charge in [0.1, 0.15) is 5.60 Å². The summed E-state index contributed by atoms with van der Waals surface area (Å²) in [5.41, 5.74) is 1.48. The van der Waals surface area contributed by atoms with Gasteiger partial charge in [0.15, 0.2) is 0 Å².